The van der Waals surface area contributed by atoms with Crippen LogP contribution in [-0.4, -0.2) is 37.1 Å². The zero-order valence-electron chi connectivity index (χ0n) is 18.2. The molecule has 3 aromatic carbocycles. The van der Waals surface area contributed by atoms with Crippen LogP contribution in [0.5, 0.6) is 0 Å². The maximum atomic E-state index is 12.9. The van der Waals surface area contributed by atoms with E-state index in [4.69, 9.17) is 0 Å². The zero-order chi connectivity index (χ0) is 22.4. The van der Waals surface area contributed by atoms with Gasteiger partial charge in [-0.2, -0.15) is 4.31 Å². The second-order valence-electron chi connectivity index (χ2n) is 7.58. The average Bonchev–Trinajstić information content (AvgIpc) is 2.78. The van der Waals surface area contributed by atoms with Crippen LogP contribution in [0.2, 0.25) is 0 Å². The standard InChI is InChI=1S/C25H28N2O3S/c1-4-27(19-21-8-6-5-7-9-21)25(28)23-14-12-22(13-15-23)18-26(3)31(29,30)24-16-10-20(2)11-17-24/h5-17H,4,18-19H2,1-3H3. The molecule has 0 aromatic heterocycles. The lowest BCUT2D eigenvalue weighted by Crippen LogP contribution is -2.30. The van der Waals surface area contributed by atoms with Crippen LogP contribution in [0.4, 0.5) is 0 Å². The summed E-state index contributed by atoms with van der Waals surface area (Å²) < 4.78 is 26.9. The SMILES string of the molecule is CCN(Cc1ccccc1)C(=O)c1ccc(CN(C)S(=O)(=O)c2ccc(C)cc2)cc1. The zero-order valence-corrected chi connectivity index (χ0v) is 19.0. The molecule has 0 spiro atoms. The highest BCUT2D eigenvalue weighted by atomic mass is 32.2. The van der Waals surface area contributed by atoms with Crippen molar-refractivity contribution in [3.63, 3.8) is 0 Å². The molecule has 3 rings (SSSR count). The van der Waals surface area contributed by atoms with Crippen LogP contribution in [0.3, 0.4) is 0 Å². The Kier molecular flexibility index (Phi) is 7.25. The Morgan fingerprint density at radius 1 is 0.806 bits per heavy atom. The first-order valence-electron chi connectivity index (χ1n) is 10.3. The molecule has 3 aromatic rings. The van der Waals surface area contributed by atoms with E-state index in [1.165, 1.54) is 4.31 Å². The van der Waals surface area contributed by atoms with Crippen LogP contribution < -0.4 is 0 Å². The van der Waals surface area contributed by atoms with Crippen molar-refractivity contribution in [1.29, 1.82) is 0 Å². The molecule has 162 valence electrons. The number of amides is 1. The minimum atomic E-state index is -3.57. The fraction of sp³-hybridized carbons (Fsp3) is 0.240. The Labute approximate surface area is 185 Å². The number of carbonyl (C=O) groups is 1. The summed E-state index contributed by atoms with van der Waals surface area (Å²) in [7, 11) is -2.01. The van der Waals surface area contributed by atoms with Gasteiger partial charge < -0.3 is 4.90 Å². The Hall–Kier alpha value is -2.96. The lowest BCUT2D eigenvalue weighted by molar-refractivity contribution is 0.0752. The summed E-state index contributed by atoms with van der Waals surface area (Å²) >= 11 is 0. The third kappa shape index (κ3) is 5.60. The van der Waals surface area contributed by atoms with Crippen LogP contribution >= 0.6 is 0 Å². The van der Waals surface area contributed by atoms with Gasteiger partial charge in [-0.05, 0) is 49.2 Å². The van der Waals surface area contributed by atoms with Crippen molar-refractivity contribution in [2.24, 2.45) is 0 Å². The van der Waals surface area contributed by atoms with Gasteiger partial charge in [-0.3, -0.25) is 4.79 Å². The number of sulfonamides is 1. The molecule has 0 unspecified atom stereocenters. The van der Waals surface area contributed by atoms with E-state index in [1.54, 1.807) is 48.3 Å². The number of hydrogen-bond acceptors (Lipinski definition) is 3. The smallest absolute Gasteiger partial charge is 0.254 e. The molecule has 0 aliphatic heterocycles. The van der Waals surface area contributed by atoms with E-state index >= 15 is 0 Å². The third-order valence-corrected chi connectivity index (χ3v) is 7.04. The molecule has 6 heteroatoms. The summed E-state index contributed by atoms with van der Waals surface area (Å²) in [4.78, 5) is 15.0. The van der Waals surface area contributed by atoms with Crippen LogP contribution in [0.15, 0.2) is 83.8 Å². The molecule has 0 fully saturated rings. The molecule has 0 saturated heterocycles. The fourth-order valence-corrected chi connectivity index (χ4v) is 4.46. The minimum absolute atomic E-state index is 0.0430. The first-order valence-corrected chi connectivity index (χ1v) is 11.7. The summed E-state index contributed by atoms with van der Waals surface area (Å²) in [5, 5.41) is 0. The second kappa shape index (κ2) is 9.90. The van der Waals surface area contributed by atoms with E-state index in [1.807, 2.05) is 56.3 Å². The van der Waals surface area contributed by atoms with Gasteiger partial charge in [0.1, 0.15) is 0 Å². The number of nitrogens with zero attached hydrogens (tertiary/aromatic N) is 2. The summed E-state index contributed by atoms with van der Waals surface area (Å²) in [6.07, 6.45) is 0. The summed E-state index contributed by atoms with van der Waals surface area (Å²) in [6, 6.07) is 23.8. The predicted molar refractivity (Wildman–Crippen MR) is 123 cm³/mol. The van der Waals surface area contributed by atoms with Crippen LogP contribution in [0, 0.1) is 6.92 Å². The van der Waals surface area contributed by atoms with Crippen molar-refractivity contribution >= 4 is 15.9 Å². The van der Waals surface area contributed by atoms with Gasteiger partial charge in [-0.25, -0.2) is 8.42 Å². The molecular formula is C25H28N2O3S. The van der Waals surface area contributed by atoms with Gasteiger partial charge in [0.05, 0.1) is 4.90 Å². The van der Waals surface area contributed by atoms with E-state index in [0.717, 1.165) is 16.7 Å². The van der Waals surface area contributed by atoms with Gasteiger partial charge in [-0.1, -0.05) is 60.2 Å². The molecule has 0 aliphatic rings. The van der Waals surface area contributed by atoms with Gasteiger partial charge in [0, 0.05) is 32.2 Å². The lowest BCUT2D eigenvalue weighted by Gasteiger charge is -2.21. The molecule has 1 amide bonds. The maximum Gasteiger partial charge on any atom is 0.254 e. The Balaban J connectivity index is 1.69. The highest BCUT2D eigenvalue weighted by Crippen LogP contribution is 2.18. The van der Waals surface area contributed by atoms with Gasteiger partial charge in [0.15, 0.2) is 0 Å². The third-order valence-electron chi connectivity index (χ3n) is 5.22. The van der Waals surface area contributed by atoms with E-state index < -0.39 is 10.0 Å². The first-order chi connectivity index (χ1) is 14.8. The van der Waals surface area contributed by atoms with E-state index in [2.05, 4.69) is 0 Å². The van der Waals surface area contributed by atoms with Gasteiger partial charge in [0.2, 0.25) is 10.0 Å². The minimum Gasteiger partial charge on any atom is -0.335 e. The molecular weight excluding hydrogens is 408 g/mol. The van der Waals surface area contributed by atoms with Crippen molar-refractivity contribution in [2.45, 2.75) is 31.8 Å². The second-order valence-corrected chi connectivity index (χ2v) is 9.62. The van der Waals surface area contributed by atoms with Crippen molar-refractivity contribution in [3.05, 3.63) is 101 Å². The molecule has 0 heterocycles. The van der Waals surface area contributed by atoms with Crippen molar-refractivity contribution in [3.8, 4) is 0 Å². The highest BCUT2D eigenvalue weighted by molar-refractivity contribution is 7.89. The maximum absolute atomic E-state index is 12.9. The molecule has 5 nitrogen and oxygen atoms in total. The number of rotatable bonds is 8. The number of hydrogen-bond donors (Lipinski definition) is 0. The molecule has 0 atom stereocenters. The van der Waals surface area contributed by atoms with Gasteiger partial charge in [-0.15, -0.1) is 0 Å². The van der Waals surface area contributed by atoms with Crippen LogP contribution in [-0.2, 0) is 23.1 Å². The lowest BCUT2D eigenvalue weighted by atomic mass is 10.1. The molecule has 0 saturated carbocycles. The summed E-state index contributed by atoms with van der Waals surface area (Å²) in [5.74, 6) is -0.0430. The normalized spacial score (nSPS) is 11.5. The van der Waals surface area contributed by atoms with Gasteiger partial charge >= 0.3 is 0 Å². The molecule has 0 bridgehead atoms. The monoisotopic (exact) mass is 436 g/mol. The average molecular weight is 437 g/mol. The summed E-state index contributed by atoms with van der Waals surface area (Å²) in [5.41, 5.74) is 3.50. The molecule has 0 N–H and O–H groups in total. The van der Waals surface area contributed by atoms with E-state index in [-0.39, 0.29) is 17.3 Å². The highest BCUT2D eigenvalue weighted by Gasteiger charge is 2.21. The fourth-order valence-electron chi connectivity index (χ4n) is 3.30. The van der Waals surface area contributed by atoms with Gasteiger partial charge in [0.25, 0.3) is 5.91 Å². The number of benzene rings is 3. The molecule has 0 aliphatic carbocycles. The molecule has 0 radical (unpaired) electrons. The largest absolute Gasteiger partial charge is 0.335 e. The Morgan fingerprint density at radius 2 is 1.39 bits per heavy atom. The Morgan fingerprint density at radius 3 is 1.97 bits per heavy atom. The molecule has 31 heavy (non-hydrogen) atoms. The topological polar surface area (TPSA) is 57.7 Å². The summed E-state index contributed by atoms with van der Waals surface area (Å²) in [6.45, 7) is 5.26. The number of carbonyl (C=O) groups excluding carboxylic acids is 1. The number of aryl methyl sites for hydroxylation is 1. The predicted octanol–water partition coefficient (Wildman–Crippen LogP) is 4.48. The van der Waals surface area contributed by atoms with Crippen molar-refractivity contribution in [2.75, 3.05) is 13.6 Å². The quantitative estimate of drug-likeness (QED) is 0.523. The first kappa shape index (κ1) is 22.7. The van der Waals surface area contributed by atoms with Crippen molar-refractivity contribution < 1.29 is 13.2 Å². The van der Waals surface area contributed by atoms with Crippen molar-refractivity contribution in [1.82, 2.24) is 9.21 Å². The Bertz CT molecular complexity index is 1110. The van der Waals surface area contributed by atoms with E-state index in [9.17, 15) is 13.2 Å². The van der Waals surface area contributed by atoms with Crippen LogP contribution in [0.25, 0.3) is 0 Å². The van der Waals surface area contributed by atoms with E-state index in [0.29, 0.717) is 18.7 Å². The van der Waals surface area contributed by atoms with Crippen LogP contribution in [0.1, 0.15) is 34.0 Å².